The second-order valence-corrected chi connectivity index (χ2v) is 4.47. The maximum atomic E-state index is 10.9. The number of fused-ring (bicyclic) bond motifs is 1. The first-order chi connectivity index (χ1) is 5.58. The van der Waals surface area contributed by atoms with E-state index in [-0.39, 0.29) is 5.84 Å². The monoisotopic (exact) mass is 203 g/mol. The van der Waals surface area contributed by atoms with Gasteiger partial charge in [0, 0.05) is 0 Å². The molecule has 0 saturated heterocycles. The van der Waals surface area contributed by atoms with Crippen LogP contribution in [0.15, 0.2) is 15.8 Å². The Morgan fingerprint density at radius 1 is 1.58 bits per heavy atom. The number of hydrogen-bond acceptors (Lipinski definition) is 4. The molecule has 64 valence electrons. The fourth-order valence-electron chi connectivity index (χ4n) is 0.921. The van der Waals surface area contributed by atoms with E-state index >= 15 is 0 Å². The molecule has 3 N–H and O–H groups in total. The fourth-order valence-corrected chi connectivity index (χ4v) is 2.64. The molecule has 1 aliphatic heterocycles. The normalized spacial score (nSPS) is 19.2. The Balaban J connectivity index is 2.67. The summed E-state index contributed by atoms with van der Waals surface area (Å²) in [6.07, 6.45) is 0. The average molecular weight is 203 g/mol. The largest absolute Gasteiger partial charge is 0.382 e. The number of thiophene rings is 1. The lowest BCUT2D eigenvalue weighted by molar-refractivity contribution is 0.603. The van der Waals surface area contributed by atoms with E-state index in [4.69, 9.17) is 5.73 Å². The van der Waals surface area contributed by atoms with Gasteiger partial charge in [-0.15, -0.1) is 15.7 Å². The van der Waals surface area contributed by atoms with E-state index in [1.54, 1.807) is 11.4 Å². The Hall–Kier alpha value is -1.08. The van der Waals surface area contributed by atoms with E-state index in [0.29, 0.717) is 10.6 Å². The first-order valence-electron chi connectivity index (χ1n) is 3.04. The van der Waals surface area contributed by atoms with Crippen molar-refractivity contribution >= 4 is 33.1 Å². The minimum absolute atomic E-state index is 0.0544. The highest BCUT2D eigenvalue weighted by Gasteiger charge is 2.21. The van der Waals surface area contributed by atoms with Gasteiger partial charge in [-0.25, -0.2) is 0 Å². The molecule has 12 heavy (non-hydrogen) atoms. The van der Waals surface area contributed by atoms with Crippen LogP contribution in [0.1, 0.15) is 4.88 Å². The van der Waals surface area contributed by atoms with Gasteiger partial charge in [-0.05, 0) is 11.4 Å². The summed E-state index contributed by atoms with van der Waals surface area (Å²) < 4.78 is 27.5. The molecule has 0 bridgehead atoms. The van der Waals surface area contributed by atoms with Crippen LogP contribution in [0.25, 0.3) is 0 Å². The van der Waals surface area contributed by atoms with E-state index in [1.165, 1.54) is 11.3 Å². The molecule has 0 amide bonds. The van der Waals surface area contributed by atoms with Crippen LogP contribution in [-0.2, 0) is 10.2 Å². The van der Waals surface area contributed by atoms with Crippen LogP contribution >= 0.6 is 11.3 Å². The van der Waals surface area contributed by atoms with Gasteiger partial charge in [0.15, 0.2) is 5.84 Å². The lowest BCUT2D eigenvalue weighted by atomic mass is 10.4. The molecule has 2 heterocycles. The van der Waals surface area contributed by atoms with Crippen LogP contribution in [-0.4, -0.2) is 14.3 Å². The van der Waals surface area contributed by atoms with E-state index in [1.807, 2.05) is 0 Å². The van der Waals surface area contributed by atoms with Gasteiger partial charge in [0.25, 0.3) is 0 Å². The van der Waals surface area contributed by atoms with Gasteiger partial charge in [-0.3, -0.25) is 4.72 Å². The molecule has 7 heteroatoms. The zero-order chi connectivity index (χ0) is 8.77. The van der Waals surface area contributed by atoms with Gasteiger partial charge >= 0.3 is 10.2 Å². The lowest BCUT2D eigenvalue weighted by Gasteiger charge is -2.10. The van der Waals surface area contributed by atoms with Gasteiger partial charge < -0.3 is 5.73 Å². The fraction of sp³-hybridized carbons (Fsp3) is 0. The van der Waals surface area contributed by atoms with Crippen molar-refractivity contribution in [1.29, 1.82) is 0 Å². The van der Waals surface area contributed by atoms with E-state index in [9.17, 15) is 8.42 Å². The Morgan fingerprint density at radius 3 is 3.08 bits per heavy atom. The molecule has 1 aromatic heterocycles. The van der Waals surface area contributed by atoms with Crippen molar-refractivity contribution in [1.82, 2.24) is 0 Å². The number of amidine groups is 1. The van der Waals surface area contributed by atoms with E-state index in [0.717, 1.165) is 0 Å². The Labute approximate surface area is 73.1 Å². The number of anilines is 1. The predicted octanol–water partition coefficient (Wildman–Crippen LogP) is 0.124. The summed E-state index contributed by atoms with van der Waals surface area (Å²) in [5, 5.41) is 1.75. The molecule has 0 radical (unpaired) electrons. The molecule has 5 nitrogen and oxygen atoms in total. The topological polar surface area (TPSA) is 84.5 Å². The number of nitrogens with two attached hydrogens (primary N) is 1. The molecule has 2 rings (SSSR count). The van der Waals surface area contributed by atoms with Crippen LogP contribution in [0.5, 0.6) is 0 Å². The van der Waals surface area contributed by atoms with Crippen molar-refractivity contribution in [2.45, 2.75) is 0 Å². The van der Waals surface area contributed by atoms with Crippen LogP contribution in [0.4, 0.5) is 5.69 Å². The van der Waals surface area contributed by atoms with Crippen molar-refractivity contribution in [2.75, 3.05) is 4.72 Å². The quantitative estimate of drug-likeness (QED) is 0.628. The highest BCUT2D eigenvalue weighted by molar-refractivity contribution is 7.91. The SMILES string of the molecule is NC1=NS(=O)(=O)Nc2ccsc21. The molecule has 1 aliphatic rings. The maximum Gasteiger partial charge on any atom is 0.344 e. The van der Waals surface area contributed by atoms with Gasteiger partial charge in [0.05, 0.1) is 10.6 Å². The summed E-state index contributed by atoms with van der Waals surface area (Å²) in [5.41, 5.74) is 5.91. The molecule has 0 fully saturated rings. The molecule has 0 saturated carbocycles. The predicted molar refractivity (Wildman–Crippen MR) is 47.6 cm³/mol. The number of nitrogens with one attached hydrogen (secondary N) is 1. The van der Waals surface area contributed by atoms with E-state index in [2.05, 4.69) is 9.12 Å². The molecular weight excluding hydrogens is 198 g/mol. The third-order valence-corrected chi connectivity index (χ3v) is 3.21. The molecular formula is C5H5N3O2S2. The van der Waals surface area contributed by atoms with Crippen molar-refractivity contribution in [2.24, 2.45) is 10.1 Å². The highest BCUT2D eigenvalue weighted by Crippen LogP contribution is 2.26. The number of hydrogen-bond donors (Lipinski definition) is 2. The average Bonchev–Trinajstić information content (AvgIpc) is 2.31. The molecule has 0 aromatic carbocycles. The standard InChI is InChI=1S/C5H5N3O2S2/c6-5-4-3(1-2-11-4)7-12(9,10)8-5/h1-2,7H,(H2,6,8). The van der Waals surface area contributed by atoms with Crippen LogP contribution in [0.2, 0.25) is 0 Å². The Kier molecular flexibility index (Phi) is 1.39. The van der Waals surface area contributed by atoms with Crippen LogP contribution in [0, 0.1) is 0 Å². The number of rotatable bonds is 0. The number of nitrogens with zero attached hydrogens (tertiary/aromatic N) is 1. The van der Waals surface area contributed by atoms with Crippen molar-refractivity contribution in [3.05, 3.63) is 16.3 Å². The van der Waals surface area contributed by atoms with Crippen LogP contribution < -0.4 is 10.5 Å². The molecule has 0 unspecified atom stereocenters. The first kappa shape index (κ1) is 7.56. The summed E-state index contributed by atoms with van der Waals surface area (Å²) >= 11 is 1.35. The third-order valence-electron chi connectivity index (χ3n) is 1.36. The molecule has 0 spiro atoms. The lowest BCUT2D eigenvalue weighted by Crippen LogP contribution is -2.24. The molecule has 0 aliphatic carbocycles. The zero-order valence-electron chi connectivity index (χ0n) is 5.81. The smallest absolute Gasteiger partial charge is 0.344 e. The summed E-state index contributed by atoms with van der Waals surface area (Å²) in [6, 6.07) is 1.65. The minimum atomic E-state index is -3.60. The molecule has 1 aromatic rings. The van der Waals surface area contributed by atoms with Gasteiger partial charge in [-0.1, -0.05) is 0 Å². The maximum absolute atomic E-state index is 10.9. The van der Waals surface area contributed by atoms with E-state index < -0.39 is 10.2 Å². The van der Waals surface area contributed by atoms with Crippen LogP contribution in [0.3, 0.4) is 0 Å². The Bertz CT molecular complexity index is 445. The van der Waals surface area contributed by atoms with Gasteiger partial charge in [0.1, 0.15) is 0 Å². The highest BCUT2D eigenvalue weighted by atomic mass is 32.2. The summed E-state index contributed by atoms with van der Waals surface area (Å²) in [5.74, 6) is 0.0544. The third kappa shape index (κ3) is 1.07. The van der Waals surface area contributed by atoms with Gasteiger partial charge in [0.2, 0.25) is 0 Å². The minimum Gasteiger partial charge on any atom is -0.382 e. The second kappa shape index (κ2) is 2.20. The van der Waals surface area contributed by atoms with Crippen molar-refractivity contribution < 1.29 is 8.42 Å². The molecule has 0 atom stereocenters. The van der Waals surface area contributed by atoms with Gasteiger partial charge in [-0.2, -0.15) is 8.42 Å². The summed E-state index contributed by atoms with van der Waals surface area (Å²) in [7, 11) is -3.60. The zero-order valence-corrected chi connectivity index (χ0v) is 7.45. The van der Waals surface area contributed by atoms with Crippen molar-refractivity contribution in [3.63, 3.8) is 0 Å². The summed E-state index contributed by atoms with van der Waals surface area (Å²) in [6.45, 7) is 0. The first-order valence-corrected chi connectivity index (χ1v) is 5.36. The Morgan fingerprint density at radius 2 is 2.33 bits per heavy atom. The van der Waals surface area contributed by atoms with Crippen molar-refractivity contribution in [3.8, 4) is 0 Å². The summed E-state index contributed by atoms with van der Waals surface area (Å²) in [4.78, 5) is 0.671. The second-order valence-electron chi connectivity index (χ2n) is 2.22.